The number of sulfonamides is 1. The average molecular weight is 586 g/mol. The summed E-state index contributed by atoms with van der Waals surface area (Å²) >= 11 is 6.38. The molecule has 0 bridgehead atoms. The molecule has 0 fully saturated rings. The Morgan fingerprint density at radius 2 is 1.62 bits per heavy atom. The van der Waals surface area contributed by atoms with Crippen LogP contribution in [0.15, 0.2) is 71.6 Å². The van der Waals surface area contributed by atoms with E-state index in [9.17, 15) is 18.0 Å². The number of amides is 2. The molecule has 0 saturated heterocycles. The molecular weight excluding hydrogens is 550 g/mol. The molecule has 0 aliphatic rings. The van der Waals surface area contributed by atoms with Gasteiger partial charge in [0, 0.05) is 18.1 Å². The van der Waals surface area contributed by atoms with Crippen molar-refractivity contribution in [1.29, 1.82) is 0 Å². The van der Waals surface area contributed by atoms with Gasteiger partial charge in [0.15, 0.2) is 0 Å². The molecule has 0 aliphatic heterocycles. The minimum atomic E-state index is -4.17. The Kier molecular flexibility index (Phi) is 10.6. The summed E-state index contributed by atoms with van der Waals surface area (Å²) in [4.78, 5) is 28.6. The molecule has 8 nitrogen and oxygen atoms in total. The van der Waals surface area contributed by atoms with Crippen molar-refractivity contribution in [3.8, 4) is 5.75 Å². The molecule has 1 atom stereocenters. The fourth-order valence-corrected chi connectivity index (χ4v) is 6.00. The minimum Gasteiger partial charge on any atom is -0.497 e. The van der Waals surface area contributed by atoms with Gasteiger partial charge in [-0.1, -0.05) is 54.4 Å². The van der Waals surface area contributed by atoms with Crippen molar-refractivity contribution in [3.63, 3.8) is 0 Å². The van der Waals surface area contributed by atoms with Gasteiger partial charge in [0.1, 0.15) is 18.3 Å². The van der Waals surface area contributed by atoms with E-state index in [1.807, 2.05) is 26.0 Å². The number of anilines is 1. The first-order valence-electron chi connectivity index (χ1n) is 13.1. The number of likely N-dealkylation sites (N-methyl/N-ethyl adjacent to an activating group) is 1. The Hall–Kier alpha value is -3.56. The second-order valence-electron chi connectivity index (χ2n) is 9.40. The summed E-state index contributed by atoms with van der Waals surface area (Å²) in [6.45, 7) is 7.17. The number of rotatable bonds is 12. The molecule has 0 spiro atoms. The maximum atomic E-state index is 14.1. The van der Waals surface area contributed by atoms with Crippen LogP contribution in [0.4, 0.5) is 5.69 Å². The molecule has 2 amide bonds. The molecule has 0 saturated carbocycles. The number of hydrogen-bond acceptors (Lipinski definition) is 5. The van der Waals surface area contributed by atoms with E-state index in [2.05, 4.69) is 5.32 Å². The molecule has 1 N–H and O–H groups in total. The molecule has 0 radical (unpaired) electrons. The van der Waals surface area contributed by atoms with Crippen LogP contribution in [-0.2, 0) is 26.2 Å². The van der Waals surface area contributed by atoms with Crippen LogP contribution in [0.5, 0.6) is 5.75 Å². The van der Waals surface area contributed by atoms with E-state index < -0.39 is 28.5 Å². The highest BCUT2D eigenvalue weighted by Crippen LogP contribution is 2.31. The topological polar surface area (TPSA) is 96.0 Å². The maximum Gasteiger partial charge on any atom is 0.264 e. The van der Waals surface area contributed by atoms with Crippen molar-refractivity contribution in [2.45, 2.75) is 51.6 Å². The number of aryl methyl sites for hydroxylation is 1. The van der Waals surface area contributed by atoms with Crippen LogP contribution in [0.1, 0.15) is 37.0 Å². The second-order valence-corrected chi connectivity index (χ2v) is 11.7. The number of nitrogens with zero attached hydrogens (tertiary/aromatic N) is 2. The number of benzene rings is 3. The van der Waals surface area contributed by atoms with Crippen LogP contribution < -0.4 is 14.4 Å². The number of hydrogen-bond donors (Lipinski definition) is 1. The van der Waals surface area contributed by atoms with Gasteiger partial charge in [-0.25, -0.2) is 8.42 Å². The van der Waals surface area contributed by atoms with Gasteiger partial charge < -0.3 is 15.0 Å². The van der Waals surface area contributed by atoms with Crippen LogP contribution in [0, 0.1) is 13.8 Å². The van der Waals surface area contributed by atoms with E-state index in [1.54, 1.807) is 63.4 Å². The lowest BCUT2D eigenvalue weighted by Gasteiger charge is -2.33. The number of ether oxygens (including phenoxy) is 1. The Morgan fingerprint density at radius 1 is 0.975 bits per heavy atom. The summed E-state index contributed by atoms with van der Waals surface area (Å²) in [5.41, 5.74) is 2.48. The first-order valence-corrected chi connectivity index (χ1v) is 14.9. The van der Waals surface area contributed by atoms with Gasteiger partial charge in [0.05, 0.1) is 17.7 Å². The summed E-state index contributed by atoms with van der Waals surface area (Å²) < 4.78 is 34.3. The fourth-order valence-electron chi connectivity index (χ4n) is 4.36. The smallest absolute Gasteiger partial charge is 0.264 e. The quantitative estimate of drug-likeness (QED) is 0.319. The van der Waals surface area contributed by atoms with E-state index >= 15 is 0 Å². The number of methoxy groups -OCH3 is 1. The third-order valence-corrected chi connectivity index (χ3v) is 8.83. The van der Waals surface area contributed by atoms with E-state index in [0.717, 1.165) is 15.4 Å². The van der Waals surface area contributed by atoms with Gasteiger partial charge in [-0.2, -0.15) is 0 Å². The second kappa shape index (κ2) is 13.7. The van der Waals surface area contributed by atoms with Crippen LogP contribution in [0.25, 0.3) is 0 Å². The Balaban J connectivity index is 2.09. The van der Waals surface area contributed by atoms with Crippen molar-refractivity contribution in [1.82, 2.24) is 10.2 Å². The molecule has 0 unspecified atom stereocenters. The predicted octanol–water partition coefficient (Wildman–Crippen LogP) is 5.10. The molecule has 40 heavy (non-hydrogen) atoms. The molecule has 3 rings (SSSR count). The zero-order valence-corrected chi connectivity index (χ0v) is 25.1. The minimum absolute atomic E-state index is 0.0442. The van der Waals surface area contributed by atoms with E-state index in [1.165, 1.54) is 17.0 Å². The van der Waals surface area contributed by atoms with Crippen LogP contribution in [0.3, 0.4) is 0 Å². The van der Waals surface area contributed by atoms with E-state index in [4.69, 9.17) is 16.3 Å². The Morgan fingerprint density at radius 3 is 2.20 bits per heavy atom. The van der Waals surface area contributed by atoms with Crippen molar-refractivity contribution in [2.75, 3.05) is 24.5 Å². The highest BCUT2D eigenvalue weighted by molar-refractivity contribution is 7.92. The average Bonchev–Trinajstić information content (AvgIpc) is 2.94. The number of nitrogens with one attached hydrogen (secondary N) is 1. The molecule has 0 aromatic heterocycles. The lowest BCUT2D eigenvalue weighted by Crippen LogP contribution is -2.52. The third kappa shape index (κ3) is 7.14. The van der Waals surface area contributed by atoms with Gasteiger partial charge in [-0.05, 0) is 74.7 Å². The molecule has 3 aromatic rings. The van der Waals surface area contributed by atoms with E-state index in [0.29, 0.717) is 29.3 Å². The van der Waals surface area contributed by atoms with Gasteiger partial charge in [0.25, 0.3) is 10.0 Å². The molecular formula is C30H36ClN3O5S. The fraction of sp³-hybridized carbons (Fsp3) is 0.333. The summed E-state index contributed by atoms with van der Waals surface area (Å²) in [7, 11) is -2.61. The van der Waals surface area contributed by atoms with Gasteiger partial charge in [-0.3, -0.25) is 13.9 Å². The Labute approximate surface area is 241 Å². The van der Waals surface area contributed by atoms with Crippen molar-refractivity contribution >= 4 is 39.1 Å². The van der Waals surface area contributed by atoms with Gasteiger partial charge in [-0.15, -0.1) is 0 Å². The highest BCUT2D eigenvalue weighted by atomic mass is 35.5. The first kappa shape index (κ1) is 31.0. The number of halogens is 1. The van der Waals surface area contributed by atoms with Crippen molar-refractivity contribution < 1.29 is 22.7 Å². The predicted molar refractivity (Wildman–Crippen MR) is 158 cm³/mol. The summed E-state index contributed by atoms with van der Waals surface area (Å²) in [5, 5.41) is 3.17. The lowest BCUT2D eigenvalue weighted by molar-refractivity contribution is -0.140. The summed E-state index contributed by atoms with van der Waals surface area (Å²) in [5.74, 6) is -0.174. The standard InChI is InChI=1S/C30H36ClN3O5S/c1-6-27(30(36)32-7-2)33(19-23-13-15-24(39-5)16-14-23)29(35)20-34(28-10-8-9-26(31)22(28)4)40(37,38)25-17-11-21(3)12-18-25/h8-18,27H,6-7,19-20H2,1-5H3,(H,32,36)/t27-/m0/s1. The third-order valence-electron chi connectivity index (χ3n) is 6.64. The van der Waals surface area contributed by atoms with Crippen molar-refractivity contribution in [3.05, 3.63) is 88.4 Å². The maximum absolute atomic E-state index is 14.1. The molecule has 0 aliphatic carbocycles. The first-order chi connectivity index (χ1) is 19.0. The monoisotopic (exact) mass is 585 g/mol. The number of carbonyl (C=O) groups excluding carboxylic acids is 2. The zero-order chi connectivity index (χ0) is 29.4. The molecule has 0 heterocycles. The van der Waals surface area contributed by atoms with Crippen LogP contribution >= 0.6 is 11.6 Å². The molecule has 10 heteroatoms. The number of carbonyl (C=O) groups is 2. The van der Waals surface area contributed by atoms with E-state index in [-0.39, 0.29) is 23.0 Å². The lowest BCUT2D eigenvalue weighted by atomic mass is 10.1. The SMILES string of the molecule is CCNC(=O)[C@H](CC)N(Cc1ccc(OC)cc1)C(=O)CN(c1cccc(Cl)c1C)S(=O)(=O)c1ccc(C)cc1. The van der Waals surface area contributed by atoms with Crippen molar-refractivity contribution in [2.24, 2.45) is 0 Å². The van der Waals surface area contributed by atoms with Crippen LogP contribution in [0.2, 0.25) is 5.02 Å². The van der Waals surface area contributed by atoms with Crippen LogP contribution in [-0.4, -0.2) is 51.4 Å². The molecule has 3 aromatic carbocycles. The zero-order valence-electron chi connectivity index (χ0n) is 23.5. The van der Waals surface area contributed by atoms with Gasteiger partial charge in [0.2, 0.25) is 11.8 Å². The molecule has 214 valence electrons. The normalized spacial score (nSPS) is 11.9. The summed E-state index contributed by atoms with van der Waals surface area (Å²) in [6.07, 6.45) is 0.342. The van der Waals surface area contributed by atoms with Gasteiger partial charge >= 0.3 is 0 Å². The largest absolute Gasteiger partial charge is 0.497 e. The highest BCUT2D eigenvalue weighted by Gasteiger charge is 2.34. The summed E-state index contributed by atoms with van der Waals surface area (Å²) in [6, 6.07) is 17.7. The Bertz CT molecular complexity index is 1430.